The van der Waals surface area contributed by atoms with E-state index in [2.05, 4.69) is 13.0 Å². The molecule has 1 aromatic carbocycles. The molecule has 1 aliphatic heterocycles. The predicted molar refractivity (Wildman–Crippen MR) is 59.3 cm³/mol. The van der Waals surface area contributed by atoms with Crippen LogP contribution in [-0.2, 0) is 6.42 Å². The van der Waals surface area contributed by atoms with Gasteiger partial charge in [0.05, 0.1) is 0 Å². The van der Waals surface area contributed by atoms with Gasteiger partial charge in [-0.15, -0.1) is 0 Å². The van der Waals surface area contributed by atoms with Gasteiger partial charge in [0.2, 0.25) is 6.79 Å². The number of rotatable bonds is 2. The number of hydrogen-bond donors (Lipinski definition) is 1. The van der Waals surface area contributed by atoms with Crippen molar-refractivity contribution in [2.24, 2.45) is 5.73 Å². The SMILES string of the molecule is Cc1ccc2c(c1CC(C)(C)N)OCO2. The van der Waals surface area contributed by atoms with Crippen LogP contribution in [0.5, 0.6) is 11.5 Å². The van der Waals surface area contributed by atoms with Crippen LogP contribution in [0, 0.1) is 6.92 Å². The summed E-state index contributed by atoms with van der Waals surface area (Å²) >= 11 is 0. The van der Waals surface area contributed by atoms with E-state index in [1.165, 1.54) is 5.56 Å². The highest BCUT2D eigenvalue weighted by molar-refractivity contribution is 5.52. The fraction of sp³-hybridized carbons (Fsp3) is 0.500. The summed E-state index contributed by atoms with van der Waals surface area (Å²) in [5.74, 6) is 1.70. The Labute approximate surface area is 90.2 Å². The van der Waals surface area contributed by atoms with Gasteiger partial charge in [-0.3, -0.25) is 0 Å². The lowest BCUT2D eigenvalue weighted by Crippen LogP contribution is -2.34. The van der Waals surface area contributed by atoms with E-state index in [9.17, 15) is 0 Å². The Morgan fingerprint density at radius 3 is 2.73 bits per heavy atom. The molecule has 82 valence electrons. The van der Waals surface area contributed by atoms with Crippen LogP contribution in [0.3, 0.4) is 0 Å². The molecule has 0 amide bonds. The third kappa shape index (κ3) is 2.07. The van der Waals surface area contributed by atoms with Gasteiger partial charge in [0, 0.05) is 11.1 Å². The average Bonchev–Trinajstić information content (AvgIpc) is 2.56. The van der Waals surface area contributed by atoms with Crippen molar-refractivity contribution in [3.63, 3.8) is 0 Å². The van der Waals surface area contributed by atoms with Gasteiger partial charge in [0.25, 0.3) is 0 Å². The highest BCUT2D eigenvalue weighted by Gasteiger charge is 2.23. The van der Waals surface area contributed by atoms with E-state index in [0.29, 0.717) is 6.79 Å². The van der Waals surface area contributed by atoms with Crippen LogP contribution in [0.15, 0.2) is 12.1 Å². The lowest BCUT2D eigenvalue weighted by Gasteiger charge is -2.20. The maximum Gasteiger partial charge on any atom is 0.231 e. The maximum absolute atomic E-state index is 6.03. The molecule has 0 fully saturated rings. The van der Waals surface area contributed by atoms with Crippen molar-refractivity contribution in [1.82, 2.24) is 0 Å². The first-order chi connectivity index (χ1) is 6.97. The van der Waals surface area contributed by atoms with Gasteiger partial charge in [-0.25, -0.2) is 0 Å². The van der Waals surface area contributed by atoms with Crippen molar-refractivity contribution in [2.75, 3.05) is 6.79 Å². The minimum Gasteiger partial charge on any atom is -0.454 e. The predicted octanol–water partition coefficient (Wildman–Crippen LogP) is 2.00. The number of ether oxygens (including phenoxy) is 2. The van der Waals surface area contributed by atoms with Crippen LogP contribution in [0.2, 0.25) is 0 Å². The molecule has 3 heteroatoms. The van der Waals surface area contributed by atoms with Gasteiger partial charge in [-0.1, -0.05) is 6.07 Å². The van der Waals surface area contributed by atoms with Gasteiger partial charge in [0.1, 0.15) is 0 Å². The number of hydrogen-bond acceptors (Lipinski definition) is 3. The van der Waals surface area contributed by atoms with E-state index in [1.54, 1.807) is 0 Å². The molecule has 0 aliphatic carbocycles. The molecule has 0 aromatic heterocycles. The Morgan fingerprint density at radius 2 is 2.07 bits per heavy atom. The summed E-state index contributed by atoms with van der Waals surface area (Å²) in [6.45, 7) is 6.42. The summed E-state index contributed by atoms with van der Waals surface area (Å²) < 4.78 is 10.8. The molecular weight excluding hydrogens is 190 g/mol. The molecule has 0 radical (unpaired) electrons. The molecule has 3 nitrogen and oxygen atoms in total. The largest absolute Gasteiger partial charge is 0.454 e. The van der Waals surface area contributed by atoms with Crippen LogP contribution >= 0.6 is 0 Å². The molecule has 0 saturated carbocycles. The van der Waals surface area contributed by atoms with Crippen LogP contribution in [0.25, 0.3) is 0 Å². The molecule has 15 heavy (non-hydrogen) atoms. The topological polar surface area (TPSA) is 44.5 Å². The van der Waals surface area contributed by atoms with Crippen molar-refractivity contribution in [3.05, 3.63) is 23.3 Å². The van der Waals surface area contributed by atoms with Crippen molar-refractivity contribution in [3.8, 4) is 11.5 Å². The zero-order valence-electron chi connectivity index (χ0n) is 9.46. The van der Waals surface area contributed by atoms with Crippen molar-refractivity contribution < 1.29 is 9.47 Å². The first-order valence-corrected chi connectivity index (χ1v) is 5.14. The summed E-state index contributed by atoms with van der Waals surface area (Å²) in [5.41, 5.74) is 8.17. The van der Waals surface area contributed by atoms with Crippen LogP contribution in [0.1, 0.15) is 25.0 Å². The molecule has 2 N–H and O–H groups in total. The zero-order valence-corrected chi connectivity index (χ0v) is 9.46. The lowest BCUT2D eigenvalue weighted by molar-refractivity contribution is 0.173. The van der Waals surface area contributed by atoms with Crippen molar-refractivity contribution >= 4 is 0 Å². The van der Waals surface area contributed by atoms with Gasteiger partial charge >= 0.3 is 0 Å². The van der Waals surface area contributed by atoms with E-state index >= 15 is 0 Å². The maximum atomic E-state index is 6.03. The van der Waals surface area contributed by atoms with Crippen molar-refractivity contribution in [1.29, 1.82) is 0 Å². The standard InChI is InChI=1S/C12H17NO2/c1-8-4-5-10-11(15-7-14-10)9(8)6-12(2,3)13/h4-5H,6-7,13H2,1-3H3. The Bertz CT molecular complexity index is 380. The second-order valence-electron chi connectivity index (χ2n) is 4.76. The third-order valence-corrected chi connectivity index (χ3v) is 2.51. The highest BCUT2D eigenvalue weighted by Crippen LogP contribution is 2.38. The number of fused-ring (bicyclic) bond motifs is 1. The van der Waals surface area contributed by atoms with E-state index in [4.69, 9.17) is 15.2 Å². The molecule has 2 rings (SSSR count). The molecule has 1 heterocycles. The molecule has 0 bridgehead atoms. The van der Waals surface area contributed by atoms with Gasteiger partial charge in [0.15, 0.2) is 11.5 Å². The molecule has 0 atom stereocenters. The fourth-order valence-corrected chi connectivity index (χ4v) is 1.80. The fourth-order valence-electron chi connectivity index (χ4n) is 1.80. The monoisotopic (exact) mass is 207 g/mol. The van der Waals surface area contributed by atoms with E-state index in [-0.39, 0.29) is 5.54 Å². The summed E-state index contributed by atoms with van der Waals surface area (Å²) in [5, 5.41) is 0. The highest BCUT2D eigenvalue weighted by atomic mass is 16.7. The number of aryl methyl sites for hydroxylation is 1. The van der Waals surface area contributed by atoms with Crippen molar-refractivity contribution in [2.45, 2.75) is 32.7 Å². The Balaban J connectivity index is 2.41. The number of nitrogens with two attached hydrogens (primary N) is 1. The zero-order chi connectivity index (χ0) is 11.1. The second-order valence-corrected chi connectivity index (χ2v) is 4.76. The quantitative estimate of drug-likeness (QED) is 0.806. The molecule has 1 aliphatic rings. The molecular formula is C12H17NO2. The summed E-state index contributed by atoms with van der Waals surface area (Å²) in [4.78, 5) is 0. The molecule has 1 aromatic rings. The van der Waals surface area contributed by atoms with E-state index in [1.807, 2.05) is 19.9 Å². The van der Waals surface area contributed by atoms with Gasteiger partial charge in [-0.2, -0.15) is 0 Å². The first-order valence-electron chi connectivity index (χ1n) is 5.14. The second kappa shape index (κ2) is 3.42. The number of benzene rings is 1. The van der Waals surface area contributed by atoms with Gasteiger partial charge in [-0.05, 0) is 38.8 Å². The van der Waals surface area contributed by atoms with Gasteiger partial charge < -0.3 is 15.2 Å². The summed E-state index contributed by atoms with van der Waals surface area (Å²) in [6.07, 6.45) is 0.797. The van der Waals surface area contributed by atoms with E-state index in [0.717, 1.165) is 23.5 Å². The van der Waals surface area contributed by atoms with Crippen LogP contribution in [0.4, 0.5) is 0 Å². The lowest BCUT2D eigenvalue weighted by atomic mass is 9.92. The Hall–Kier alpha value is -1.22. The minimum absolute atomic E-state index is 0.230. The minimum atomic E-state index is -0.230. The average molecular weight is 207 g/mol. The molecule has 0 spiro atoms. The Kier molecular flexibility index (Phi) is 2.35. The van der Waals surface area contributed by atoms with Crippen LogP contribution in [-0.4, -0.2) is 12.3 Å². The smallest absolute Gasteiger partial charge is 0.231 e. The third-order valence-electron chi connectivity index (χ3n) is 2.51. The molecule has 0 unspecified atom stereocenters. The summed E-state index contributed by atoms with van der Waals surface area (Å²) in [7, 11) is 0. The summed E-state index contributed by atoms with van der Waals surface area (Å²) in [6, 6.07) is 4.00. The van der Waals surface area contributed by atoms with E-state index < -0.39 is 0 Å². The normalized spacial score (nSPS) is 14.4. The first kappa shape index (κ1) is 10.3. The van der Waals surface area contributed by atoms with Crippen LogP contribution < -0.4 is 15.2 Å². The molecule has 0 saturated heterocycles. The Morgan fingerprint density at radius 1 is 1.33 bits per heavy atom.